The summed E-state index contributed by atoms with van der Waals surface area (Å²) in [6.45, 7) is 1.54. The zero-order valence-corrected chi connectivity index (χ0v) is 9.19. The van der Waals surface area contributed by atoms with Crippen LogP contribution < -0.4 is 10.6 Å². The van der Waals surface area contributed by atoms with Crippen LogP contribution in [0.3, 0.4) is 0 Å². The topological polar surface area (TPSA) is 55.0 Å². The van der Waals surface area contributed by atoms with E-state index in [-0.39, 0.29) is 0 Å². The van der Waals surface area contributed by atoms with E-state index in [2.05, 4.69) is 21.9 Å². The van der Waals surface area contributed by atoms with E-state index in [0.717, 1.165) is 24.0 Å². The molecule has 1 fully saturated rings. The molecule has 0 atom stereocenters. The smallest absolute Gasteiger partial charge is 0.147 e. The summed E-state index contributed by atoms with van der Waals surface area (Å²) in [5.74, 6) is 1.78. The third-order valence-electron chi connectivity index (χ3n) is 3.03. The molecule has 15 heavy (non-hydrogen) atoms. The molecule has 4 heteroatoms. The van der Waals surface area contributed by atoms with Crippen molar-refractivity contribution in [1.82, 2.24) is 9.97 Å². The Morgan fingerprint density at radius 2 is 2.27 bits per heavy atom. The summed E-state index contributed by atoms with van der Waals surface area (Å²) < 4.78 is 0. The maximum Gasteiger partial charge on any atom is 0.147 e. The van der Waals surface area contributed by atoms with E-state index in [4.69, 9.17) is 5.73 Å². The van der Waals surface area contributed by atoms with Crippen molar-refractivity contribution in [3.05, 3.63) is 18.1 Å². The lowest BCUT2D eigenvalue weighted by atomic mass is 9.85. The Hall–Kier alpha value is -1.16. The number of hydrogen-bond donors (Lipinski definition) is 1. The molecule has 1 heterocycles. The molecular formula is C11H18N4. The quantitative estimate of drug-likeness (QED) is 0.803. The van der Waals surface area contributed by atoms with Crippen LogP contribution in [-0.4, -0.2) is 23.6 Å². The van der Waals surface area contributed by atoms with E-state index >= 15 is 0 Å². The Labute approximate surface area is 90.5 Å². The number of rotatable bonds is 4. The average Bonchev–Trinajstić information content (AvgIpc) is 2.23. The minimum absolute atomic E-state index is 0.456. The molecular weight excluding hydrogens is 188 g/mol. The lowest BCUT2D eigenvalue weighted by Crippen LogP contribution is -2.30. The fraction of sp³-hybridized carbons (Fsp3) is 0.636. The zero-order chi connectivity index (χ0) is 10.7. The van der Waals surface area contributed by atoms with Gasteiger partial charge in [-0.2, -0.15) is 0 Å². The first-order valence-corrected chi connectivity index (χ1v) is 5.51. The largest absolute Gasteiger partial charge is 0.358 e. The lowest BCUT2D eigenvalue weighted by Gasteiger charge is -2.30. The van der Waals surface area contributed by atoms with Crippen LogP contribution in [0, 0.1) is 5.92 Å². The van der Waals surface area contributed by atoms with Crippen molar-refractivity contribution in [3.63, 3.8) is 0 Å². The van der Waals surface area contributed by atoms with Gasteiger partial charge < -0.3 is 10.6 Å². The van der Waals surface area contributed by atoms with Gasteiger partial charge in [-0.1, -0.05) is 6.42 Å². The Morgan fingerprint density at radius 1 is 1.47 bits per heavy atom. The second-order valence-electron chi connectivity index (χ2n) is 4.25. The van der Waals surface area contributed by atoms with Crippen LogP contribution in [0.15, 0.2) is 12.4 Å². The highest BCUT2D eigenvalue weighted by Gasteiger charge is 2.19. The molecule has 0 bridgehead atoms. The van der Waals surface area contributed by atoms with Gasteiger partial charge in [0.1, 0.15) is 5.82 Å². The predicted octanol–water partition coefficient (Wildman–Crippen LogP) is 1.17. The van der Waals surface area contributed by atoms with E-state index in [9.17, 15) is 0 Å². The van der Waals surface area contributed by atoms with E-state index in [1.54, 1.807) is 12.4 Å². The molecule has 2 rings (SSSR count). The number of aromatic nitrogens is 2. The Kier molecular flexibility index (Phi) is 3.16. The van der Waals surface area contributed by atoms with E-state index in [0.29, 0.717) is 6.54 Å². The van der Waals surface area contributed by atoms with Crippen molar-refractivity contribution in [1.29, 1.82) is 0 Å². The highest BCUT2D eigenvalue weighted by molar-refractivity contribution is 5.35. The predicted molar refractivity (Wildman–Crippen MR) is 60.5 cm³/mol. The maximum absolute atomic E-state index is 5.54. The normalized spacial score (nSPS) is 16.1. The molecule has 0 aromatic carbocycles. The summed E-state index contributed by atoms with van der Waals surface area (Å²) in [4.78, 5) is 10.8. The Morgan fingerprint density at radius 3 is 2.87 bits per heavy atom. The summed E-state index contributed by atoms with van der Waals surface area (Å²) in [7, 11) is 2.07. The maximum atomic E-state index is 5.54. The van der Waals surface area contributed by atoms with Crippen LogP contribution >= 0.6 is 0 Å². The van der Waals surface area contributed by atoms with Gasteiger partial charge in [-0.25, -0.2) is 4.98 Å². The molecule has 0 unspecified atom stereocenters. The van der Waals surface area contributed by atoms with Crippen LogP contribution in [0.2, 0.25) is 0 Å². The number of anilines is 1. The van der Waals surface area contributed by atoms with Gasteiger partial charge in [0.2, 0.25) is 0 Å². The van der Waals surface area contributed by atoms with E-state index < -0.39 is 0 Å². The first kappa shape index (κ1) is 10.4. The first-order chi connectivity index (χ1) is 7.29. The highest BCUT2D eigenvalue weighted by Crippen LogP contribution is 2.27. The molecule has 1 aromatic rings. The van der Waals surface area contributed by atoms with Crippen molar-refractivity contribution in [3.8, 4) is 0 Å². The third-order valence-corrected chi connectivity index (χ3v) is 3.03. The van der Waals surface area contributed by atoms with Crippen molar-refractivity contribution >= 4 is 5.82 Å². The van der Waals surface area contributed by atoms with Crippen LogP contribution in [0.5, 0.6) is 0 Å². The molecule has 0 radical (unpaired) electrons. The lowest BCUT2D eigenvalue weighted by molar-refractivity contribution is 0.321. The van der Waals surface area contributed by atoms with Crippen molar-refractivity contribution in [2.24, 2.45) is 11.7 Å². The minimum Gasteiger partial charge on any atom is -0.358 e. The van der Waals surface area contributed by atoms with Gasteiger partial charge in [-0.05, 0) is 18.8 Å². The molecule has 2 N–H and O–H groups in total. The van der Waals surface area contributed by atoms with Gasteiger partial charge in [-0.15, -0.1) is 0 Å². The van der Waals surface area contributed by atoms with Gasteiger partial charge >= 0.3 is 0 Å². The summed E-state index contributed by atoms with van der Waals surface area (Å²) in [5.41, 5.74) is 6.39. The minimum atomic E-state index is 0.456. The van der Waals surface area contributed by atoms with Gasteiger partial charge in [0.15, 0.2) is 0 Å². The third kappa shape index (κ3) is 2.45. The molecule has 0 amide bonds. The number of nitrogens with two attached hydrogens (primary N) is 1. The highest BCUT2D eigenvalue weighted by atomic mass is 15.2. The molecule has 1 aliphatic rings. The molecule has 1 aliphatic carbocycles. The van der Waals surface area contributed by atoms with Gasteiger partial charge in [0.05, 0.1) is 11.9 Å². The molecule has 1 saturated carbocycles. The molecule has 0 saturated heterocycles. The first-order valence-electron chi connectivity index (χ1n) is 5.51. The Balaban J connectivity index is 1.99. The second kappa shape index (κ2) is 4.57. The molecule has 1 aromatic heterocycles. The molecule has 4 nitrogen and oxygen atoms in total. The van der Waals surface area contributed by atoms with E-state index in [1.165, 1.54) is 19.3 Å². The molecule has 0 aliphatic heterocycles. The second-order valence-corrected chi connectivity index (χ2v) is 4.25. The fourth-order valence-corrected chi connectivity index (χ4v) is 1.83. The zero-order valence-electron chi connectivity index (χ0n) is 9.19. The summed E-state index contributed by atoms with van der Waals surface area (Å²) in [5, 5.41) is 0. The van der Waals surface area contributed by atoms with Crippen LogP contribution in [-0.2, 0) is 6.54 Å². The van der Waals surface area contributed by atoms with Crippen LogP contribution in [0.4, 0.5) is 5.82 Å². The number of hydrogen-bond acceptors (Lipinski definition) is 4. The standard InChI is InChI=1S/C11H18N4/c1-15(8-9-3-2-4-9)11-7-13-6-10(5-12)14-11/h6-7,9H,2-5,8,12H2,1H3. The fourth-order valence-electron chi connectivity index (χ4n) is 1.83. The average molecular weight is 206 g/mol. The van der Waals surface area contributed by atoms with Crippen LogP contribution in [0.1, 0.15) is 25.0 Å². The van der Waals surface area contributed by atoms with E-state index in [1.807, 2.05) is 0 Å². The van der Waals surface area contributed by atoms with Gasteiger partial charge in [0, 0.05) is 26.3 Å². The monoisotopic (exact) mass is 206 g/mol. The van der Waals surface area contributed by atoms with Crippen molar-refractivity contribution in [2.75, 3.05) is 18.5 Å². The van der Waals surface area contributed by atoms with Crippen molar-refractivity contribution in [2.45, 2.75) is 25.8 Å². The van der Waals surface area contributed by atoms with Crippen molar-refractivity contribution < 1.29 is 0 Å². The summed E-state index contributed by atoms with van der Waals surface area (Å²) >= 11 is 0. The summed E-state index contributed by atoms with van der Waals surface area (Å²) in [6, 6.07) is 0. The molecule has 82 valence electrons. The van der Waals surface area contributed by atoms with Gasteiger partial charge in [-0.3, -0.25) is 4.98 Å². The molecule has 0 spiro atoms. The number of nitrogens with zero attached hydrogens (tertiary/aromatic N) is 3. The van der Waals surface area contributed by atoms with Gasteiger partial charge in [0.25, 0.3) is 0 Å². The summed E-state index contributed by atoms with van der Waals surface area (Å²) in [6.07, 6.45) is 7.62. The van der Waals surface area contributed by atoms with Crippen LogP contribution in [0.25, 0.3) is 0 Å². The Bertz CT molecular complexity index is 322. The SMILES string of the molecule is CN(CC1CCC1)c1cncc(CN)n1.